The third kappa shape index (κ3) is 4.26. The molecule has 0 aromatic heterocycles. The molecule has 0 aliphatic carbocycles. The summed E-state index contributed by atoms with van der Waals surface area (Å²) in [4.78, 5) is 22.0. The number of Topliss-reactive ketones (excluding diaryl/α,β-unsaturated/α-hetero) is 1. The quantitative estimate of drug-likeness (QED) is 0.773. The molecule has 1 amide bonds. The van der Waals surface area contributed by atoms with E-state index < -0.39 is 0 Å². The fourth-order valence-electron chi connectivity index (χ4n) is 1.47. The number of hydrogen-bond acceptors (Lipinski definition) is 2. The summed E-state index contributed by atoms with van der Waals surface area (Å²) < 4.78 is 0. The molecule has 0 aliphatic rings. The number of rotatable bonds is 5. The maximum Gasteiger partial charge on any atom is 0.231 e. The highest BCUT2D eigenvalue weighted by Crippen LogP contribution is 2.11. The van der Waals surface area contributed by atoms with Crippen molar-refractivity contribution in [3.63, 3.8) is 0 Å². The van der Waals surface area contributed by atoms with Gasteiger partial charge in [0, 0.05) is 5.69 Å². The Morgan fingerprint density at radius 1 is 1.19 bits per heavy atom. The van der Waals surface area contributed by atoms with Crippen LogP contribution in [0.1, 0.15) is 32.3 Å². The Kier molecular flexibility index (Phi) is 4.70. The van der Waals surface area contributed by atoms with Gasteiger partial charge in [-0.3, -0.25) is 9.59 Å². The standard InChI is InChI=1S/C13H17NO2/c1-3-4-11-5-7-12(8-6-11)14-13(16)9-10(2)15/h5-8H,3-4,9H2,1-2H3,(H,14,16). The third-order valence-corrected chi connectivity index (χ3v) is 2.19. The van der Waals surface area contributed by atoms with Gasteiger partial charge in [0.1, 0.15) is 5.78 Å². The van der Waals surface area contributed by atoms with Gasteiger partial charge in [-0.05, 0) is 31.0 Å². The SMILES string of the molecule is CCCc1ccc(NC(=O)CC(C)=O)cc1. The van der Waals surface area contributed by atoms with E-state index in [1.165, 1.54) is 12.5 Å². The van der Waals surface area contributed by atoms with E-state index in [0.717, 1.165) is 18.5 Å². The number of ketones is 1. The molecule has 0 aliphatic heterocycles. The van der Waals surface area contributed by atoms with E-state index in [1.807, 2.05) is 24.3 Å². The van der Waals surface area contributed by atoms with Crippen molar-refractivity contribution in [3.05, 3.63) is 29.8 Å². The molecule has 3 heteroatoms. The first-order valence-electron chi connectivity index (χ1n) is 5.50. The first-order chi connectivity index (χ1) is 7.61. The number of amides is 1. The van der Waals surface area contributed by atoms with Crippen molar-refractivity contribution in [1.82, 2.24) is 0 Å². The van der Waals surface area contributed by atoms with Crippen LogP contribution in [0.25, 0.3) is 0 Å². The highest BCUT2D eigenvalue weighted by molar-refractivity contribution is 6.03. The largest absolute Gasteiger partial charge is 0.326 e. The fraction of sp³-hybridized carbons (Fsp3) is 0.385. The maximum absolute atomic E-state index is 11.3. The number of anilines is 1. The van der Waals surface area contributed by atoms with Crippen molar-refractivity contribution in [1.29, 1.82) is 0 Å². The summed E-state index contributed by atoms with van der Waals surface area (Å²) in [5.41, 5.74) is 2.00. The van der Waals surface area contributed by atoms with E-state index in [9.17, 15) is 9.59 Å². The molecule has 0 fully saturated rings. The molecule has 1 N–H and O–H groups in total. The van der Waals surface area contributed by atoms with Crippen molar-refractivity contribution in [3.8, 4) is 0 Å². The van der Waals surface area contributed by atoms with E-state index in [2.05, 4.69) is 12.2 Å². The lowest BCUT2D eigenvalue weighted by molar-refractivity contribution is -0.124. The molecule has 1 aromatic rings. The summed E-state index contributed by atoms with van der Waals surface area (Å²) in [6, 6.07) is 7.71. The van der Waals surface area contributed by atoms with E-state index in [1.54, 1.807) is 0 Å². The summed E-state index contributed by atoms with van der Waals surface area (Å²) in [5, 5.41) is 2.68. The average molecular weight is 219 g/mol. The predicted octanol–water partition coefficient (Wildman–Crippen LogP) is 2.56. The minimum Gasteiger partial charge on any atom is -0.326 e. The van der Waals surface area contributed by atoms with Crippen LogP contribution in [0.4, 0.5) is 5.69 Å². The van der Waals surface area contributed by atoms with Gasteiger partial charge in [0.25, 0.3) is 0 Å². The van der Waals surface area contributed by atoms with Gasteiger partial charge in [0.05, 0.1) is 6.42 Å². The molecule has 1 rings (SSSR count). The first kappa shape index (κ1) is 12.4. The van der Waals surface area contributed by atoms with Crippen LogP contribution >= 0.6 is 0 Å². The molecule has 0 radical (unpaired) electrons. The van der Waals surface area contributed by atoms with Crippen LogP contribution in [0.5, 0.6) is 0 Å². The molecule has 0 spiro atoms. The normalized spacial score (nSPS) is 9.88. The van der Waals surface area contributed by atoms with Gasteiger partial charge in [-0.1, -0.05) is 25.5 Å². The van der Waals surface area contributed by atoms with Crippen LogP contribution in [-0.2, 0) is 16.0 Å². The lowest BCUT2D eigenvalue weighted by atomic mass is 10.1. The van der Waals surface area contributed by atoms with Crippen molar-refractivity contribution in [2.24, 2.45) is 0 Å². The van der Waals surface area contributed by atoms with E-state index >= 15 is 0 Å². The Hall–Kier alpha value is -1.64. The number of nitrogens with one attached hydrogen (secondary N) is 1. The summed E-state index contributed by atoms with van der Waals surface area (Å²) in [5.74, 6) is -0.379. The Morgan fingerprint density at radius 2 is 1.81 bits per heavy atom. The number of hydrogen-bond donors (Lipinski definition) is 1. The highest BCUT2D eigenvalue weighted by Gasteiger charge is 2.04. The zero-order valence-electron chi connectivity index (χ0n) is 9.75. The van der Waals surface area contributed by atoms with Crippen molar-refractivity contribution < 1.29 is 9.59 Å². The second-order valence-corrected chi connectivity index (χ2v) is 3.87. The van der Waals surface area contributed by atoms with Gasteiger partial charge < -0.3 is 5.32 Å². The van der Waals surface area contributed by atoms with E-state index in [-0.39, 0.29) is 18.1 Å². The molecule has 0 unspecified atom stereocenters. The Balaban J connectivity index is 2.54. The number of aryl methyl sites for hydroxylation is 1. The van der Waals surface area contributed by atoms with Crippen LogP contribution in [-0.4, -0.2) is 11.7 Å². The molecule has 1 aromatic carbocycles. The second kappa shape index (κ2) is 6.05. The Bertz CT molecular complexity index is 368. The topological polar surface area (TPSA) is 46.2 Å². The first-order valence-corrected chi connectivity index (χ1v) is 5.50. The average Bonchev–Trinajstić information content (AvgIpc) is 2.20. The highest BCUT2D eigenvalue weighted by atomic mass is 16.2. The molecule has 0 heterocycles. The van der Waals surface area contributed by atoms with Gasteiger partial charge >= 0.3 is 0 Å². The molecule has 0 saturated heterocycles. The smallest absolute Gasteiger partial charge is 0.231 e. The molecular formula is C13H17NO2. The third-order valence-electron chi connectivity index (χ3n) is 2.19. The van der Waals surface area contributed by atoms with Crippen molar-refractivity contribution in [2.45, 2.75) is 33.1 Å². The molecule has 16 heavy (non-hydrogen) atoms. The van der Waals surface area contributed by atoms with E-state index in [0.29, 0.717) is 0 Å². The molecule has 0 atom stereocenters. The molecule has 3 nitrogen and oxygen atoms in total. The number of benzene rings is 1. The lowest BCUT2D eigenvalue weighted by Crippen LogP contribution is -2.14. The van der Waals surface area contributed by atoms with Gasteiger partial charge in [0.2, 0.25) is 5.91 Å². The van der Waals surface area contributed by atoms with E-state index in [4.69, 9.17) is 0 Å². The minimum atomic E-state index is -0.254. The summed E-state index contributed by atoms with van der Waals surface area (Å²) in [7, 11) is 0. The molecule has 0 saturated carbocycles. The van der Waals surface area contributed by atoms with Crippen molar-refractivity contribution in [2.75, 3.05) is 5.32 Å². The second-order valence-electron chi connectivity index (χ2n) is 3.87. The van der Waals surface area contributed by atoms with Gasteiger partial charge in [-0.2, -0.15) is 0 Å². The van der Waals surface area contributed by atoms with Crippen LogP contribution < -0.4 is 5.32 Å². The fourth-order valence-corrected chi connectivity index (χ4v) is 1.47. The molecular weight excluding hydrogens is 202 g/mol. The summed E-state index contributed by atoms with van der Waals surface area (Å²) >= 11 is 0. The zero-order valence-corrected chi connectivity index (χ0v) is 9.75. The van der Waals surface area contributed by atoms with Crippen LogP contribution in [0.2, 0.25) is 0 Å². The summed E-state index contributed by atoms with van der Waals surface area (Å²) in [6.45, 7) is 3.53. The minimum absolute atomic E-state index is 0.0588. The molecule has 0 bridgehead atoms. The van der Waals surface area contributed by atoms with Gasteiger partial charge in [-0.15, -0.1) is 0 Å². The molecule has 86 valence electrons. The van der Waals surface area contributed by atoms with Crippen molar-refractivity contribution >= 4 is 17.4 Å². The Labute approximate surface area is 95.9 Å². The number of carbonyl (C=O) groups is 2. The van der Waals surface area contributed by atoms with Crippen LogP contribution in [0.3, 0.4) is 0 Å². The monoisotopic (exact) mass is 219 g/mol. The van der Waals surface area contributed by atoms with Crippen LogP contribution in [0.15, 0.2) is 24.3 Å². The maximum atomic E-state index is 11.3. The predicted molar refractivity (Wildman–Crippen MR) is 64.4 cm³/mol. The number of carbonyl (C=O) groups excluding carboxylic acids is 2. The lowest BCUT2D eigenvalue weighted by Gasteiger charge is -2.05. The zero-order chi connectivity index (χ0) is 12.0. The summed E-state index contributed by atoms with van der Waals surface area (Å²) in [6.07, 6.45) is 2.09. The van der Waals surface area contributed by atoms with Gasteiger partial charge in [-0.25, -0.2) is 0 Å². The van der Waals surface area contributed by atoms with Crippen LogP contribution in [0, 0.1) is 0 Å². The van der Waals surface area contributed by atoms with Gasteiger partial charge in [0.15, 0.2) is 0 Å². The Morgan fingerprint density at radius 3 is 2.31 bits per heavy atom.